The molecule has 0 saturated heterocycles. The summed E-state index contributed by atoms with van der Waals surface area (Å²) in [6, 6.07) is 2.71. The highest BCUT2D eigenvalue weighted by Crippen LogP contribution is 2.26. The zero-order valence-corrected chi connectivity index (χ0v) is 12.2. The summed E-state index contributed by atoms with van der Waals surface area (Å²) in [5.74, 6) is 0. The molecule has 0 heterocycles. The quantitative estimate of drug-likeness (QED) is 0.583. The van der Waals surface area contributed by atoms with Crippen LogP contribution in [-0.2, 0) is 10.0 Å². The average Bonchev–Trinajstić information content (AvgIpc) is 2.31. The first-order valence-corrected chi connectivity index (χ1v) is 7.34. The number of aliphatic hydroxyl groups excluding tert-OH is 1. The van der Waals surface area contributed by atoms with Crippen molar-refractivity contribution in [2.45, 2.75) is 24.3 Å². The number of nitrogens with one attached hydrogen (secondary N) is 1. The number of benzene rings is 1. The number of aryl methyl sites for hydroxylation is 1. The van der Waals surface area contributed by atoms with E-state index in [-0.39, 0.29) is 16.5 Å². The van der Waals surface area contributed by atoms with Crippen LogP contribution in [0.3, 0.4) is 0 Å². The van der Waals surface area contributed by atoms with Crippen LogP contribution in [0.5, 0.6) is 0 Å². The molecule has 0 fully saturated rings. The van der Waals surface area contributed by atoms with Crippen LogP contribution in [0.4, 0.5) is 5.69 Å². The predicted octanol–water partition coefficient (Wildman–Crippen LogP) is 0.252. The minimum Gasteiger partial charge on any atom is -0.398 e. The highest BCUT2D eigenvalue weighted by atomic mass is 35.5. The molecule has 1 atom stereocenters. The van der Waals surface area contributed by atoms with Crippen molar-refractivity contribution in [3.05, 3.63) is 22.7 Å². The fourth-order valence-corrected chi connectivity index (χ4v) is 3.04. The summed E-state index contributed by atoms with van der Waals surface area (Å²) < 4.78 is 26.2. The minimum atomic E-state index is -3.91. The van der Waals surface area contributed by atoms with Gasteiger partial charge in [0.2, 0.25) is 10.0 Å². The van der Waals surface area contributed by atoms with E-state index in [4.69, 9.17) is 22.4 Å². The van der Waals surface area contributed by atoms with Gasteiger partial charge in [-0.2, -0.15) is 0 Å². The highest BCUT2D eigenvalue weighted by Gasteiger charge is 2.25. The first-order valence-electron chi connectivity index (χ1n) is 5.47. The average molecular weight is 309 g/mol. The first kappa shape index (κ1) is 16.2. The van der Waals surface area contributed by atoms with Crippen LogP contribution in [-0.4, -0.2) is 37.4 Å². The Balaban J connectivity index is 3.05. The third kappa shape index (κ3) is 4.05. The molecule has 108 valence electrons. The summed E-state index contributed by atoms with van der Waals surface area (Å²) in [5, 5.41) is 18.5. The van der Waals surface area contributed by atoms with Gasteiger partial charge in [0.15, 0.2) is 0 Å². The fraction of sp³-hybridized carbons (Fsp3) is 0.455. The van der Waals surface area contributed by atoms with Crippen LogP contribution >= 0.6 is 11.6 Å². The summed E-state index contributed by atoms with van der Waals surface area (Å²) in [6.07, 6.45) is 0. The molecule has 1 rings (SSSR count). The molecule has 0 amide bonds. The predicted molar refractivity (Wildman–Crippen MR) is 73.5 cm³/mol. The Kier molecular flexibility index (Phi) is 4.81. The monoisotopic (exact) mass is 308 g/mol. The van der Waals surface area contributed by atoms with E-state index in [2.05, 4.69) is 4.72 Å². The highest BCUT2D eigenvalue weighted by molar-refractivity contribution is 7.89. The zero-order chi connectivity index (χ0) is 14.8. The van der Waals surface area contributed by atoms with Crippen molar-refractivity contribution < 1.29 is 18.6 Å². The number of hydrogen-bond donors (Lipinski definition) is 4. The second-order valence-corrected chi connectivity index (χ2v) is 6.76. The van der Waals surface area contributed by atoms with E-state index in [1.807, 2.05) is 0 Å². The molecule has 19 heavy (non-hydrogen) atoms. The maximum Gasteiger partial charge on any atom is 0.242 e. The number of nitrogens with two attached hydrogens (primary N) is 1. The number of aliphatic hydroxyl groups is 2. The van der Waals surface area contributed by atoms with E-state index in [1.165, 1.54) is 19.1 Å². The van der Waals surface area contributed by atoms with Gasteiger partial charge in [-0.15, -0.1) is 0 Å². The van der Waals surface area contributed by atoms with Crippen LogP contribution < -0.4 is 10.5 Å². The molecule has 8 heteroatoms. The van der Waals surface area contributed by atoms with Gasteiger partial charge in [0.1, 0.15) is 4.90 Å². The summed E-state index contributed by atoms with van der Waals surface area (Å²) >= 11 is 5.88. The lowest BCUT2D eigenvalue weighted by Crippen LogP contribution is -2.43. The van der Waals surface area contributed by atoms with Gasteiger partial charge in [0, 0.05) is 12.2 Å². The van der Waals surface area contributed by atoms with E-state index in [0.717, 1.165) is 0 Å². The van der Waals surface area contributed by atoms with E-state index in [9.17, 15) is 13.5 Å². The topological polar surface area (TPSA) is 113 Å². The van der Waals surface area contributed by atoms with E-state index in [0.29, 0.717) is 11.3 Å². The van der Waals surface area contributed by atoms with Gasteiger partial charge < -0.3 is 15.9 Å². The Morgan fingerprint density at radius 2 is 2.05 bits per heavy atom. The zero-order valence-electron chi connectivity index (χ0n) is 10.6. The van der Waals surface area contributed by atoms with Crippen molar-refractivity contribution in [3.8, 4) is 0 Å². The van der Waals surface area contributed by atoms with Crippen molar-refractivity contribution in [3.63, 3.8) is 0 Å². The van der Waals surface area contributed by atoms with Crippen LogP contribution in [0.1, 0.15) is 12.5 Å². The molecule has 6 nitrogen and oxygen atoms in total. The van der Waals surface area contributed by atoms with Crippen molar-refractivity contribution in [1.82, 2.24) is 4.72 Å². The van der Waals surface area contributed by atoms with E-state index < -0.39 is 22.2 Å². The van der Waals surface area contributed by atoms with E-state index >= 15 is 0 Å². The number of halogens is 1. The Bertz CT molecular complexity index is 572. The molecular weight excluding hydrogens is 292 g/mol. The van der Waals surface area contributed by atoms with E-state index in [1.54, 1.807) is 6.92 Å². The molecule has 0 aliphatic heterocycles. The maximum atomic E-state index is 12.0. The number of anilines is 1. The Hall–Kier alpha value is -0.860. The lowest BCUT2D eigenvalue weighted by atomic mass is 10.1. The van der Waals surface area contributed by atoms with Crippen molar-refractivity contribution in [2.24, 2.45) is 0 Å². The smallest absolute Gasteiger partial charge is 0.242 e. The number of nitrogen functional groups attached to an aromatic ring is 1. The van der Waals surface area contributed by atoms with Gasteiger partial charge in [0.25, 0.3) is 0 Å². The summed E-state index contributed by atoms with van der Waals surface area (Å²) in [5.41, 5.74) is 5.09. The molecular formula is C11H17ClN2O4S. The molecule has 0 aliphatic rings. The van der Waals surface area contributed by atoms with Gasteiger partial charge in [-0.25, -0.2) is 13.1 Å². The molecule has 5 N–H and O–H groups in total. The normalized spacial score (nSPS) is 15.2. The van der Waals surface area contributed by atoms with Crippen molar-refractivity contribution in [2.75, 3.05) is 18.9 Å². The lowest BCUT2D eigenvalue weighted by molar-refractivity contribution is 0.00681. The fourth-order valence-electron chi connectivity index (χ4n) is 1.26. The van der Waals surface area contributed by atoms with Gasteiger partial charge >= 0.3 is 0 Å². The van der Waals surface area contributed by atoms with Crippen LogP contribution in [0.25, 0.3) is 0 Å². The van der Waals surface area contributed by atoms with Crippen LogP contribution in [0.15, 0.2) is 17.0 Å². The van der Waals surface area contributed by atoms with Crippen LogP contribution in [0, 0.1) is 6.92 Å². The summed E-state index contributed by atoms with van der Waals surface area (Å²) in [4.78, 5) is -0.161. The third-order valence-electron chi connectivity index (χ3n) is 2.59. The maximum absolute atomic E-state index is 12.0. The third-order valence-corrected chi connectivity index (χ3v) is 4.46. The van der Waals surface area contributed by atoms with Crippen molar-refractivity contribution >= 4 is 27.3 Å². The second-order valence-electron chi connectivity index (χ2n) is 4.62. The van der Waals surface area contributed by atoms with Gasteiger partial charge in [-0.3, -0.25) is 0 Å². The van der Waals surface area contributed by atoms with Crippen LogP contribution in [0.2, 0.25) is 5.02 Å². The van der Waals surface area contributed by atoms with Crippen molar-refractivity contribution in [1.29, 1.82) is 0 Å². The molecule has 1 unspecified atom stereocenters. The molecule has 1 aromatic carbocycles. The number of rotatable bonds is 5. The van der Waals surface area contributed by atoms with Gasteiger partial charge in [-0.1, -0.05) is 11.6 Å². The Morgan fingerprint density at radius 3 is 2.58 bits per heavy atom. The lowest BCUT2D eigenvalue weighted by Gasteiger charge is -2.21. The molecule has 0 bridgehead atoms. The molecule has 0 radical (unpaired) electrons. The number of sulfonamides is 1. The molecule has 0 saturated carbocycles. The number of hydrogen-bond acceptors (Lipinski definition) is 5. The first-order chi connectivity index (χ1) is 8.59. The minimum absolute atomic E-state index is 0.0443. The summed E-state index contributed by atoms with van der Waals surface area (Å²) in [6.45, 7) is 2.11. The summed E-state index contributed by atoms with van der Waals surface area (Å²) in [7, 11) is -3.91. The Labute approximate surface area is 117 Å². The standard InChI is InChI=1S/C11H17ClN2O4S/c1-7-3-8(12)10(4-9(7)13)19(17,18)14-5-11(2,16)6-15/h3-4,14-16H,5-6,13H2,1-2H3. The second kappa shape index (κ2) is 5.64. The SMILES string of the molecule is Cc1cc(Cl)c(S(=O)(=O)NCC(C)(O)CO)cc1N. The van der Waals surface area contributed by atoms with Gasteiger partial charge in [0.05, 0.1) is 17.2 Å². The Morgan fingerprint density at radius 1 is 1.47 bits per heavy atom. The largest absolute Gasteiger partial charge is 0.398 e. The van der Waals surface area contributed by atoms with Gasteiger partial charge in [-0.05, 0) is 31.5 Å². The molecule has 0 spiro atoms. The molecule has 0 aromatic heterocycles. The molecule has 1 aromatic rings. The molecule has 0 aliphatic carbocycles.